The first kappa shape index (κ1) is 34.7. The molecule has 6 nitrogen and oxygen atoms in total. The van der Waals surface area contributed by atoms with Crippen LogP contribution >= 0.6 is 0 Å². The van der Waals surface area contributed by atoms with Crippen LogP contribution in [0.4, 0.5) is 11.4 Å². The minimum atomic E-state index is 0.391. The van der Waals surface area contributed by atoms with E-state index in [0.29, 0.717) is 34.0 Å². The number of benzene rings is 8. The molecule has 0 saturated heterocycles. The predicted molar refractivity (Wildman–Crippen MR) is 245 cm³/mol. The largest absolute Gasteiger partial charge is 0.309 e. The van der Waals surface area contributed by atoms with E-state index in [9.17, 15) is 0 Å². The van der Waals surface area contributed by atoms with Crippen molar-refractivity contribution < 1.29 is 0 Å². The summed E-state index contributed by atoms with van der Waals surface area (Å²) in [6.45, 7) is 16.6. The van der Waals surface area contributed by atoms with E-state index in [4.69, 9.17) is 23.1 Å². The van der Waals surface area contributed by atoms with Gasteiger partial charge < -0.3 is 9.13 Å². The van der Waals surface area contributed by atoms with E-state index < -0.39 is 0 Å². The first-order valence-corrected chi connectivity index (χ1v) is 19.7. The zero-order valence-electron chi connectivity index (χ0n) is 32.2. The van der Waals surface area contributed by atoms with Crippen molar-refractivity contribution in [1.29, 1.82) is 0 Å². The molecule has 11 aromatic rings. The van der Waals surface area contributed by atoms with Crippen LogP contribution in [0.15, 0.2) is 194 Å². The monoisotopic (exact) mass is 764 g/mol. The van der Waals surface area contributed by atoms with Crippen LogP contribution in [0.5, 0.6) is 0 Å². The van der Waals surface area contributed by atoms with Gasteiger partial charge >= 0.3 is 0 Å². The van der Waals surface area contributed by atoms with Gasteiger partial charge in [-0.2, -0.15) is 0 Å². The molecule has 8 aromatic carbocycles. The highest BCUT2D eigenvalue weighted by molar-refractivity contribution is 6.12. The molecule has 278 valence electrons. The summed E-state index contributed by atoms with van der Waals surface area (Å²) in [5.74, 6) is 0.577. The second kappa shape index (κ2) is 14.1. The Morgan fingerprint density at radius 3 is 1.37 bits per heavy atom. The molecule has 60 heavy (non-hydrogen) atoms. The number of aromatic nitrogens is 4. The van der Waals surface area contributed by atoms with Gasteiger partial charge in [0, 0.05) is 44.0 Å². The molecule has 6 heteroatoms. The molecule has 3 aromatic heterocycles. The molecular formula is C54H32N6. The fourth-order valence-corrected chi connectivity index (χ4v) is 8.66. The zero-order valence-corrected chi connectivity index (χ0v) is 32.2. The summed E-state index contributed by atoms with van der Waals surface area (Å²) in [7, 11) is 0. The molecule has 0 radical (unpaired) electrons. The van der Waals surface area contributed by atoms with Crippen molar-refractivity contribution in [2.75, 3.05) is 0 Å². The molecule has 0 unspecified atom stereocenters. The molecule has 0 aliphatic rings. The predicted octanol–water partition coefficient (Wildman–Crippen LogP) is 14.4. The van der Waals surface area contributed by atoms with Gasteiger partial charge in [0.2, 0.25) is 0 Å². The minimum absolute atomic E-state index is 0.391. The van der Waals surface area contributed by atoms with Crippen LogP contribution in [0.3, 0.4) is 0 Å². The standard InChI is InChI=1S/C54H32N6/c1-55-47-31-38(46-34-45(35-15-5-3-6-16-35)57-54(58-46)37-17-7-4-8-18-37)32-48(56-2)53(47)36-25-27-39(28-26-36)59-51-24-14-11-21-43(51)44-33-40(29-30-52(44)59)60-49-22-12-9-19-41(49)42-20-10-13-23-50(42)60/h3-34H. The summed E-state index contributed by atoms with van der Waals surface area (Å²) in [5.41, 5.74) is 12.8. The number of fused-ring (bicyclic) bond motifs is 6. The summed E-state index contributed by atoms with van der Waals surface area (Å²) in [4.78, 5) is 17.8. The Balaban J connectivity index is 1.01. The zero-order chi connectivity index (χ0) is 40.2. The first-order valence-electron chi connectivity index (χ1n) is 19.7. The van der Waals surface area contributed by atoms with E-state index in [2.05, 4.69) is 122 Å². The van der Waals surface area contributed by atoms with Gasteiger partial charge in [-0.15, -0.1) is 0 Å². The van der Waals surface area contributed by atoms with E-state index in [0.717, 1.165) is 55.6 Å². The van der Waals surface area contributed by atoms with Crippen molar-refractivity contribution >= 4 is 55.0 Å². The second-order valence-corrected chi connectivity index (χ2v) is 14.8. The maximum Gasteiger partial charge on any atom is 0.185 e. The third kappa shape index (κ3) is 5.63. The average molecular weight is 765 g/mol. The Morgan fingerprint density at radius 2 is 0.800 bits per heavy atom. The van der Waals surface area contributed by atoms with Crippen LogP contribution in [-0.4, -0.2) is 19.1 Å². The van der Waals surface area contributed by atoms with Crippen LogP contribution in [-0.2, 0) is 0 Å². The van der Waals surface area contributed by atoms with Gasteiger partial charge in [-0.1, -0.05) is 127 Å². The lowest BCUT2D eigenvalue weighted by atomic mass is 9.97. The Morgan fingerprint density at radius 1 is 0.350 bits per heavy atom. The molecule has 0 N–H and O–H groups in total. The fourth-order valence-electron chi connectivity index (χ4n) is 8.66. The smallest absolute Gasteiger partial charge is 0.185 e. The topological polar surface area (TPSA) is 44.4 Å². The van der Waals surface area contributed by atoms with Crippen molar-refractivity contribution in [2.45, 2.75) is 0 Å². The molecule has 0 aliphatic carbocycles. The number of para-hydroxylation sites is 3. The average Bonchev–Trinajstić information content (AvgIpc) is 3.84. The van der Waals surface area contributed by atoms with Gasteiger partial charge in [-0.3, -0.25) is 0 Å². The van der Waals surface area contributed by atoms with Gasteiger partial charge in [0.05, 0.1) is 46.6 Å². The molecule has 11 rings (SSSR count). The van der Waals surface area contributed by atoms with Gasteiger partial charge in [0.25, 0.3) is 0 Å². The maximum absolute atomic E-state index is 8.30. The molecule has 0 aliphatic heterocycles. The van der Waals surface area contributed by atoms with E-state index in [1.807, 2.05) is 91.0 Å². The molecule has 0 fully saturated rings. The number of rotatable bonds is 6. The van der Waals surface area contributed by atoms with Crippen molar-refractivity contribution in [1.82, 2.24) is 19.1 Å². The molecule has 0 bridgehead atoms. The van der Waals surface area contributed by atoms with E-state index in [1.54, 1.807) is 0 Å². The van der Waals surface area contributed by atoms with Gasteiger partial charge in [0.1, 0.15) is 0 Å². The van der Waals surface area contributed by atoms with Crippen molar-refractivity contribution in [3.63, 3.8) is 0 Å². The van der Waals surface area contributed by atoms with Crippen molar-refractivity contribution in [3.8, 4) is 56.4 Å². The third-order valence-corrected chi connectivity index (χ3v) is 11.4. The van der Waals surface area contributed by atoms with Crippen LogP contribution in [0.25, 0.3) is 110 Å². The van der Waals surface area contributed by atoms with Crippen molar-refractivity contribution in [3.05, 3.63) is 217 Å². The Hall–Kier alpha value is -8.58. The van der Waals surface area contributed by atoms with Gasteiger partial charge in [-0.25, -0.2) is 19.7 Å². The quantitative estimate of drug-likeness (QED) is 0.158. The number of hydrogen-bond acceptors (Lipinski definition) is 2. The lowest BCUT2D eigenvalue weighted by Crippen LogP contribution is -1.96. The minimum Gasteiger partial charge on any atom is -0.309 e. The molecular weight excluding hydrogens is 733 g/mol. The Bertz CT molecular complexity index is 3400. The van der Waals surface area contributed by atoms with Gasteiger partial charge in [-0.05, 0) is 83.4 Å². The van der Waals surface area contributed by atoms with Gasteiger partial charge in [0.15, 0.2) is 17.2 Å². The lowest BCUT2D eigenvalue weighted by Gasteiger charge is -2.14. The molecule has 0 atom stereocenters. The summed E-state index contributed by atoms with van der Waals surface area (Å²) < 4.78 is 4.65. The molecule has 0 spiro atoms. The van der Waals surface area contributed by atoms with E-state index in [-0.39, 0.29) is 0 Å². The number of hydrogen-bond donors (Lipinski definition) is 0. The molecule has 0 saturated carbocycles. The fraction of sp³-hybridized carbons (Fsp3) is 0. The molecule has 0 amide bonds. The van der Waals surface area contributed by atoms with E-state index >= 15 is 0 Å². The lowest BCUT2D eigenvalue weighted by molar-refractivity contribution is 1.17. The highest BCUT2D eigenvalue weighted by Crippen LogP contribution is 2.44. The third-order valence-electron chi connectivity index (χ3n) is 11.4. The summed E-state index contributed by atoms with van der Waals surface area (Å²) in [6, 6.07) is 66.1. The van der Waals surface area contributed by atoms with Crippen LogP contribution < -0.4 is 0 Å². The summed E-state index contributed by atoms with van der Waals surface area (Å²) in [5, 5.41) is 4.79. The summed E-state index contributed by atoms with van der Waals surface area (Å²) in [6.07, 6.45) is 0. The highest BCUT2D eigenvalue weighted by Gasteiger charge is 2.19. The van der Waals surface area contributed by atoms with Crippen molar-refractivity contribution in [2.24, 2.45) is 0 Å². The first-order chi connectivity index (χ1) is 29.7. The Labute approximate surface area is 346 Å². The maximum atomic E-state index is 8.30. The SMILES string of the molecule is [C-]#[N+]c1cc(-c2cc(-c3ccccc3)nc(-c3ccccc3)n2)cc([N+]#[C-])c1-c1ccc(-n2c3ccccc3c3cc(-n4c5ccccc5c5ccccc54)ccc32)cc1. The molecule has 3 heterocycles. The second-order valence-electron chi connectivity index (χ2n) is 14.8. The number of nitrogens with zero attached hydrogens (tertiary/aromatic N) is 6. The Kier molecular flexibility index (Phi) is 8.15. The normalized spacial score (nSPS) is 11.3. The van der Waals surface area contributed by atoms with Crippen LogP contribution in [0.2, 0.25) is 0 Å². The van der Waals surface area contributed by atoms with E-state index in [1.165, 1.54) is 21.8 Å². The van der Waals surface area contributed by atoms with Crippen LogP contribution in [0, 0.1) is 13.1 Å². The van der Waals surface area contributed by atoms with Crippen LogP contribution in [0.1, 0.15) is 0 Å². The highest BCUT2D eigenvalue weighted by atomic mass is 15.0. The summed E-state index contributed by atoms with van der Waals surface area (Å²) >= 11 is 0.